The lowest BCUT2D eigenvalue weighted by molar-refractivity contribution is 0.137. The number of amides is 2. The molecule has 0 spiro atoms. The molecule has 98 valence electrons. The molecule has 0 fully saturated rings. The Balaban J connectivity index is 3.67. The Bertz CT molecular complexity index is 264. The van der Waals surface area contributed by atoms with E-state index in [4.69, 9.17) is 4.74 Å². The molecule has 17 heavy (non-hydrogen) atoms. The molecular formula is C11H20N2O4. The highest BCUT2D eigenvalue weighted by molar-refractivity contribution is 5.73. The zero-order valence-electron chi connectivity index (χ0n) is 10.6. The van der Waals surface area contributed by atoms with Crippen molar-refractivity contribution in [2.75, 3.05) is 13.2 Å². The predicted molar refractivity (Wildman–Crippen MR) is 61.9 cm³/mol. The van der Waals surface area contributed by atoms with Gasteiger partial charge < -0.3 is 9.47 Å². The second-order valence-electron chi connectivity index (χ2n) is 3.99. The lowest BCUT2D eigenvalue weighted by atomic mass is 10.2. The fourth-order valence-electron chi connectivity index (χ4n) is 0.889. The van der Waals surface area contributed by atoms with Crippen molar-refractivity contribution in [2.45, 2.75) is 40.0 Å². The van der Waals surface area contributed by atoms with E-state index in [9.17, 15) is 9.59 Å². The smallest absolute Gasteiger partial charge is 0.447 e. The van der Waals surface area contributed by atoms with Crippen LogP contribution in [0, 0.1) is 5.92 Å². The minimum atomic E-state index is -0.871. The highest BCUT2D eigenvalue weighted by Crippen LogP contribution is 1.98. The highest BCUT2D eigenvalue weighted by atomic mass is 16.6. The second kappa shape index (κ2) is 9.74. The molecule has 6 heteroatoms. The highest BCUT2D eigenvalue weighted by Gasteiger charge is 2.04. The van der Waals surface area contributed by atoms with Crippen LogP contribution < -0.4 is 0 Å². The molecule has 0 heterocycles. The van der Waals surface area contributed by atoms with Crippen LogP contribution in [0.15, 0.2) is 10.2 Å². The number of hydrogen-bond donors (Lipinski definition) is 0. The summed E-state index contributed by atoms with van der Waals surface area (Å²) in [6.07, 6.45) is 1.09. The van der Waals surface area contributed by atoms with E-state index < -0.39 is 12.2 Å². The van der Waals surface area contributed by atoms with Gasteiger partial charge in [0.2, 0.25) is 0 Å². The number of unbranched alkanes of at least 4 members (excludes halogenated alkanes) is 2. The van der Waals surface area contributed by atoms with Gasteiger partial charge in [-0.05, 0) is 12.3 Å². The average molecular weight is 244 g/mol. The minimum Gasteiger partial charge on any atom is -0.447 e. The Morgan fingerprint density at radius 3 is 2.18 bits per heavy atom. The lowest BCUT2D eigenvalue weighted by Gasteiger charge is -2.02. The summed E-state index contributed by atoms with van der Waals surface area (Å²) in [5.41, 5.74) is 0. The Morgan fingerprint density at radius 2 is 1.65 bits per heavy atom. The Labute approximate surface area is 101 Å². The largest absolute Gasteiger partial charge is 0.452 e. The van der Waals surface area contributed by atoms with Crippen LogP contribution >= 0.6 is 0 Å². The second-order valence-corrected chi connectivity index (χ2v) is 3.99. The third-order valence-electron chi connectivity index (χ3n) is 1.73. The lowest BCUT2D eigenvalue weighted by Crippen LogP contribution is -2.06. The van der Waals surface area contributed by atoms with Crippen LogP contribution in [0.3, 0.4) is 0 Å². The Kier molecular flexibility index (Phi) is 8.91. The van der Waals surface area contributed by atoms with Gasteiger partial charge in [-0.25, -0.2) is 9.59 Å². The summed E-state index contributed by atoms with van der Waals surface area (Å²) < 4.78 is 9.40. The van der Waals surface area contributed by atoms with E-state index >= 15 is 0 Å². The van der Waals surface area contributed by atoms with E-state index in [-0.39, 0.29) is 12.5 Å². The summed E-state index contributed by atoms with van der Waals surface area (Å²) in [7, 11) is 0. The number of hydrogen-bond acceptors (Lipinski definition) is 4. The van der Waals surface area contributed by atoms with Gasteiger partial charge in [0.1, 0.15) is 0 Å². The molecule has 0 aliphatic carbocycles. The molecule has 0 rings (SSSR count). The fraction of sp³-hybridized carbons (Fsp3) is 0.818. The topological polar surface area (TPSA) is 77.3 Å². The van der Waals surface area contributed by atoms with Crippen molar-refractivity contribution in [1.29, 1.82) is 0 Å². The van der Waals surface area contributed by atoms with Gasteiger partial charge in [0.15, 0.2) is 0 Å². The molecule has 0 radical (unpaired) electrons. The SMILES string of the molecule is CCCCCOC(=O)/N=N/C(=O)OCC(C)C. The van der Waals surface area contributed by atoms with Crippen LogP contribution in [0.1, 0.15) is 40.0 Å². The van der Waals surface area contributed by atoms with Gasteiger partial charge in [0.05, 0.1) is 13.2 Å². The molecular weight excluding hydrogens is 224 g/mol. The maximum absolute atomic E-state index is 11.0. The van der Waals surface area contributed by atoms with Crippen LogP contribution in [0.5, 0.6) is 0 Å². The molecule has 0 saturated carbocycles. The quantitative estimate of drug-likeness (QED) is 0.528. The van der Waals surface area contributed by atoms with Gasteiger partial charge in [-0.1, -0.05) is 43.8 Å². The fourth-order valence-corrected chi connectivity index (χ4v) is 0.889. The van der Waals surface area contributed by atoms with E-state index in [1.165, 1.54) is 0 Å². The zero-order chi connectivity index (χ0) is 13.1. The van der Waals surface area contributed by atoms with Gasteiger partial charge in [-0.3, -0.25) is 0 Å². The van der Waals surface area contributed by atoms with Crippen molar-refractivity contribution >= 4 is 12.2 Å². The molecule has 0 aromatic carbocycles. The summed E-state index contributed by atoms with van der Waals surface area (Å²) >= 11 is 0. The summed E-state index contributed by atoms with van der Waals surface area (Å²) in [6.45, 7) is 6.39. The molecule has 6 nitrogen and oxygen atoms in total. The summed E-state index contributed by atoms with van der Waals surface area (Å²) in [5, 5.41) is 6.17. The summed E-state index contributed by atoms with van der Waals surface area (Å²) in [4.78, 5) is 21.9. The number of rotatable bonds is 6. The minimum absolute atomic E-state index is 0.218. The third-order valence-corrected chi connectivity index (χ3v) is 1.73. The normalized spacial score (nSPS) is 10.8. The van der Waals surface area contributed by atoms with Crippen molar-refractivity contribution < 1.29 is 19.1 Å². The van der Waals surface area contributed by atoms with Crippen LogP contribution in [-0.2, 0) is 9.47 Å². The van der Waals surface area contributed by atoms with E-state index in [0.717, 1.165) is 19.3 Å². The van der Waals surface area contributed by atoms with Crippen LogP contribution in [0.2, 0.25) is 0 Å². The van der Waals surface area contributed by atoms with Crippen LogP contribution in [0.25, 0.3) is 0 Å². The van der Waals surface area contributed by atoms with Crippen molar-refractivity contribution in [2.24, 2.45) is 16.1 Å². The molecule has 0 bridgehead atoms. The molecule has 0 aromatic heterocycles. The first-order valence-corrected chi connectivity index (χ1v) is 5.81. The standard InChI is InChI=1S/C11H20N2O4/c1-4-5-6-7-16-10(14)12-13-11(15)17-8-9(2)3/h9H,4-8H2,1-3H3/b13-12+. The molecule has 0 unspecified atom stereocenters. The van der Waals surface area contributed by atoms with Crippen LogP contribution in [-0.4, -0.2) is 25.4 Å². The molecule has 0 aromatic rings. The average Bonchev–Trinajstić information content (AvgIpc) is 2.29. The number of carbonyl (C=O) groups excluding carboxylic acids is 2. The number of ether oxygens (including phenoxy) is 2. The molecule has 0 N–H and O–H groups in total. The first-order valence-electron chi connectivity index (χ1n) is 5.81. The van der Waals surface area contributed by atoms with E-state index in [2.05, 4.69) is 15.0 Å². The third kappa shape index (κ3) is 10.8. The van der Waals surface area contributed by atoms with Gasteiger partial charge in [-0.2, -0.15) is 0 Å². The van der Waals surface area contributed by atoms with Crippen molar-refractivity contribution in [3.05, 3.63) is 0 Å². The molecule has 2 amide bonds. The number of nitrogens with zero attached hydrogens (tertiary/aromatic N) is 2. The van der Waals surface area contributed by atoms with E-state index in [0.29, 0.717) is 6.61 Å². The van der Waals surface area contributed by atoms with Gasteiger partial charge in [0, 0.05) is 0 Å². The van der Waals surface area contributed by atoms with E-state index in [1.807, 2.05) is 20.8 Å². The van der Waals surface area contributed by atoms with Crippen molar-refractivity contribution in [3.8, 4) is 0 Å². The van der Waals surface area contributed by atoms with Crippen LogP contribution in [0.4, 0.5) is 9.59 Å². The Hall–Kier alpha value is -1.46. The molecule has 0 saturated heterocycles. The first kappa shape index (κ1) is 15.5. The molecule has 0 atom stereocenters. The zero-order valence-corrected chi connectivity index (χ0v) is 10.6. The Morgan fingerprint density at radius 1 is 1.06 bits per heavy atom. The maximum Gasteiger partial charge on any atom is 0.452 e. The maximum atomic E-state index is 11.0. The van der Waals surface area contributed by atoms with Crippen molar-refractivity contribution in [3.63, 3.8) is 0 Å². The monoisotopic (exact) mass is 244 g/mol. The van der Waals surface area contributed by atoms with Gasteiger partial charge in [-0.15, -0.1) is 0 Å². The molecule has 0 aliphatic heterocycles. The number of azo groups is 1. The van der Waals surface area contributed by atoms with E-state index in [1.54, 1.807) is 0 Å². The predicted octanol–water partition coefficient (Wildman–Crippen LogP) is 3.56. The summed E-state index contributed by atoms with van der Waals surface area (Å²) in [5.74, 6) is 0.218. The first-order chi connectivity index (χ1) is 8.06. The number of carbonyl (C=O) groups is 2. The van der Waals surface area contributed by atoms with Crippen molar-refractivity contribution in [1.82, 2.24) is 0 Å². The molecule has 0 aliphatic rings. The van der Waals surface area contributed by atoms with Gasteiger partial charge in [0.25, 0.3) is 0 Å². The summed E-state index contributed by atoms with van der Waals surface area (Å²) in [6, 6.07) is 0. The van der Waals surface area contributed by atoms with Gasteiger partial charge >= 0.3 is 12.2 Å².